The molecule has 5 rings (SSSR count). The van der Waals surface area contributed by atoms with Gasteiger partial charge in [0.05, 0.1) is 16.4 Å². The summed E-state index contributed by atoms with van der Waals surface area (Å²) in [6, 6.07) is 11.3. The summed E-state index contributed by atoms with van der Waals surface area (Å²) in [5.74, 6) is -1.23. The van der Waals surface area contributed by atoms with Crippen molar-refractivity contribution in [3.05, 3.63) is 75.6 Å². The fraction of sp³-hybridized carbons (Fsp3) is 0.355. The maximum atomic E-state index is 13.7. The van der Waals surface area contributed by atoms with Gasteiger partial charge in [-0.2, -0.15) is 0 Å². The van der Waals surface area contributed by atoms with E-state index < -0.39 is 17.3 Å². The second kappa shape index (κ2) is 10.8. The zero-order valence-electron chi connectivity index (χ0n) is 23.5. The molecule has 1 aliphatic carbocycles. The molecule has 10 heteroatoms. The average molecular weight is 579 g/mol. The number of fused-ring (bicyclic) bond motifs is 3. The van der Waals surface area contributed by atoms with E-state index in [1.54, 1.807) is 35.0 Å². The smallest absolute Gasteiger partial charge is 0.410 e. The Morgan fingerprint density at radius 2 is 1.80 bits per heavy atom. The minimum absolute atomic E-state index is 0.00750. The zero-order valence-corrected chi connectivity index (χ0v) is 24.2. The number of carbonyl (C=O) groups is 3. The Kier molecular flexibility index (Phi) is 7.50. The molecule has 8 nitrogen and oxygen atoms in total. The van der Waals surface area contributed by atoms with Gasteiger partial charge in [-0.05, 0) is 81.1 Å². The highest BCUT2D eigenvalue weighted by molar-refractivity contribution is 6.31. The molecule has 0 bridgehead atoms. The van der Waals surface area contributed by atoms with E-state index in [1.807, 2.05) is 32.9 Å². The van der Waals surface area contributed by atoms with Gasteiger partial charge in [-0.25, -0.2) is 14.2 Å². The predicted octanol–water partition coefficient (Wildman–Crippen LogP) is 5.68. The van der Waals surface area contributed by atoms with Crippen molar-refractivity contribution in [1.82, 2.24) is 14.8 Å². The number of aromatic nitrogens is 1. The van der Waals surface area contributed by atoms with E-state index >= 15 is 0 Å². The molecule has 2 aromatic carbocycles. The molecule has 0 unspecified atom stereocenters. The fourth-order valence-electron chi connectivity index (χ4n) is 5.41. The lowest BCUT2D eigenvalue weighted by atomic mass is 10.0. The molecule has 1 saturated heterocycles. The first-order chi connectivity index (χ1) is 19.3. The van der Waals surface area contributed by atoms with Crippen molar-refractivity contribution in [2.75, 3.05) is 20.1 Å². The Balaban J connectivity index is 1.34. The van der Waals surface area contributed by atoms with Crippen LogP contribution >= 0.6 is 11.6 Å². The standard InChI is InChI=1S/C31H32ClFN4O4/c1-31(2,3)41-30(40)36(4)20-9-11-37(12-10-20)29(39)18-5-7-21-19(13-18)14-22-23(28(34)38)16-26(35-27(21)22)17-6-8-25(33)24(32)15-17/h5-8,13,15-16,20H,9-12,14H2,1-4H3,(H2,34,38). The number of ether oxygens (including phenoxy) is 1. The van der Waals surface area contributed by atoms with Crippen molar-refractivity contribution in [2.45, 2.75) is 51.7 Å². The van der Waals surface area contributed by atoms with Gasteiger partial charge in [-0.15, -0.1) is 0 Å². The van der Waals surface area contributed by atoms with Crippen molar-refractivity contribution in [2.24, 2.45) is 5.73 Å². The van der Waals surface area contributed by atoms with Gasteiger partial charge in [0, 0.05) is 54.9 Å². The Morgan fingerprint density at radius 1 is 1.10 bits per heavy atom. The maximum Gasteiger partial charge on any atom is 0.410 e. The summed E-state index contributed by atoms with van der Waals surface area (Å²) < 4.78 is 19.2. The SMILES string of the molecule is CN(C(=O)OC(C)(C)C)C1CCN(C(=O)c2ccc3c(c2)Cc2c(C(N)=O)cc(-c4ccc(F)c(Cl)c4)nc2-3)CC1. The molecule has 2 aliphatic rings. The number of hydrogen-bond donors (Lipinski definition) is 1. The molecule has 0 atom stereocenters. The van der Waals surface area contributed by atoms with Crippen LogP contribution in [0, 0.1) is 5.82 Å². The van der Waals surface area contributed by atoms with Crippen molar-refractivity contribution in [3.63, 3.8) is 0 Å². The molecule has 214 valence electrons. The van der Waals surface area contributed by atoms with Crippen molar-refractivity contribution >= 4 is 29.5 Å². The minimum atomic E-state index is -0.596. The van der Waals surface area contributed by atoms with Crippen LogP contribution in [0.25, 0.3) is 22.5 Å². The summed E-state index contributed by atoms with van der Waals surface area (Å²) in [4.78, 5) is 46.5. The Bertz CT molecular complexity index is 1560. The third-order valence-corrected chi connectivity index (χ3v) is 7.85. The Hall–Kier alpha value is -3.98. The summed E-state index contributed by atoms with van der Waals surface area (Å²) in [5.41, 5.74) is 10.0. The summed E-state index contributed by atoms with van der Waals surface area (Å²) >= 11 is 5.98. The lowest BCUT2D eigenvalue weighted by molar-refractivity contribution is 0.0155. The topological polar surface area (TPSA) is 106 Å². The first-order valence-corrected chi connectivity index (χ1v) is 13.9. The van der Waals surface area contributed by atoms with E-state index in [9.17, 15) is 18.8 Å². The van der Waals surface area contributed by atoms with E-state index in [4.69, 9.17) is 27.1 Å². The summed E-state index contributed by atoms with van der Waals surface area (Å²) in [5, 5.41) is -0.0468. The van der Waals surface area contributed by atoms with Gasteiger partial charge >= 0.3 is 6.09 Å². The van der Waals surface area contributed by atoms with Gasteiger partial charge in [0.15, 0.2) is 0 Å². The van der Waals surface area contributed by atoms with Crippen LogP contribution in [-0.2, 0) is 11.2 Å². The largest absolute Gasteiger partial charge is 0.444 e. The molecule has 41 heavy (non-hydrogen) atoms. The van der Waals surface area contributed by atoms with Gasteiger partial charge in [0.25, 0.3) is 5.91 Å². The quantitative estimate of drug-likeness (QED) is 0.335. The van der Waals surface area contributed by atoms with Crippen LogP contribution in [0.2, 0.25) is 5.02 Å². The summed E-state index contributed by atoms with van der Waals surface area (Å²) in [6.07, 6.45) is 1.35. The number of likely N-dealkylation sites (tertiary alicyclic amines) is 1. The van der Waals surface area contributed by atoms with E-state index in [-0.39, 0.29) is 23.1 Å². The molecular formula is C31H32ClFN4O4. The molecule has 1 aliphatic heterocycles. The molecular weight excluding hydrogens is 547 g/mol. The minimum Gasteiger partial charge on any atom is -0.444 e. The first kappa shape index (κ1) is 28.5. The molecule has 0 spiro atoms. The number of piperidine rings is 1. The summed E-state index contributed by atoms with van der Waals surface area (Å²) in [6.45, 7) is 6.54. The van der Waals surface area contributed by atoms with Crippen molar-refractivity contribution in [1.29, 1.82) is 0 Å². The van der Waals surface area contributed by atoms with Crippen molar-refractivity contribution < 1.29 is 23.5 Å². The van der Waals surface area contributed by atoms with Crippen LogP contribution in [-0.4, -0.2) is 64.5 Å². The van der Waals surface area contributed by atoms with E-state index in [2.05, 4.69) is 0 Å². The highest BCUT2D eigenvalue weighted by Gasteiger charge is 2.32. The van der Waals surface area contributed by atoms with Gasteiger partial charge < -0.3 is 20.3 Å². The maximum absolute atomic E-state index is 13.7. The third kappa shape index (κ3) is 5.77. The molecule has 2 heterocycles. The molecule has 0 radical (unpaired) electrons. The van der Waals surface area contributed by atoms with Gasteiger partial charge in [-0.3, -0.25) is 9.59 Å². The molecule has 2 N–H and O–H groups in total. The summed E-state index contributed by atoms with van der Waals surface area (Å²) in [7, 11) is 1.73. The van der Waals surface area contributed by atoms with Crippen LogP contribution in [0.1, 0.15) is 65.5 Å². The lowest BCUT2D eigenvalue weighted by Gasteiger charge is -2.37. The number of amides is 3. The Morgan fingerprint density at radius 3 is 2.44 bits per heavy atom. The predicted molar refractivity (Wildman–Crippen MR) is 154 cm³/mol. The lowest BCUT2D eigenvalue weighted by Crippen LogP contribution is -2.48. The number of nitrogens with zero attached hydrogens (tertiary/aromatic N) is 3. The van der Waals surface area contributed by atoms with Crippen LogP contribution in [0.3, 0.4) is 0 Å². The van der Waals surface area contributed by atoms with Crippen molar-refractivity contribution in [3.8, 4) is 22.5 Å². The van der Waals surface area contributed by atoms with E-state index in [1.165, 1.54) is 12.1 Å². The number of hydrogen-bond acceptors (Lipinski definition) is 5. The number of nitrogens with two attached hydrogens (primary N) is 1. The van der Waals surface area contributed by atoms with Crippen LogP contribution in [0.4, 0.5) is 9.18 Å². The molecule has 3 aromatic rings. The van der Waals surface area contributed by atoms with Crippen LogP contribution < -0.4 is 5.73 Å². The average Bonchev–Trinajstić information content (AvgIpc) is 3.30. The molecule has 3 amide bonds. The fourth-order valence-corrected chi connectivity index (χ4v) is 5.59. The number of halogens is 2. The van der Waals surface area contributed by atoms with Crippen LogP contribution in [0.15, 0.2) is 42.5 Å². The second-order valence-electron chi connectivity index (χ2n) is 11.5. The highest BCUT2D eigenvalue weighted by Crippen LogP contribution is 2.40. The Labute approximate surface area is 243 Å². The molecule has 1 fully saturated rings. The number of carbonyl (C=O) groups excluding carboxylic acids is 3. The number of benzene rings is 2. The first-order valence-electron chi connectivity index (χ1n) is 13.5. The number of primary amides is 1. The van der Waals surface area contributed by atoms with Gasteiger partial charge in [0.1, 0.15) is 11.4 Å². The van der Waals surface area contributed by atoms with Crippen LogP contribution in [0.5, 0.6) is 0 Å². The van der Waals surface area contributed by atoms with Gasteiger partial charge in [-0.1, -0.05) is 17.7 Å². The monoisotopic (exact) mass is 578 g/mol. The number of rotatable bonds is 4. The van der Waals surface area contributed by atoms with E-state index in [0.717, 1.165) is 11.1 Å². The second-order valence-corrected chi connectivity index (χ2v) is 11.9. The van der Waals surface area contributed by atoms with Gasteiger partial charge in [0.2, 0.25) is 5.91 Å². The third-order valence-electron chi connectivity index (χ3n) is 7.56. The number of pyridine rings is 1. The zero-order chi connectivity index (χ0) is 29.6. The van der Waals surface area contributed by atoms with E-state index in [0.29, 0.717) is 66.0 Å². The molecule has 1 aromatic heterocycles. The molecule has 0 saturated carbocycles. The normalized spacial score (nSPS) is 14.8. The highest BCUT2D eigenvalue weighted by atomic mass is 35.5.